The van der Waals surface area contributed by atoms with Crippen LogP contribution in [0.25, 0.3) is 5.69 Å². The van der Waals surface area contributed by atoms with E-state index in [1.54, 1.807) is 47.1 Å². The highest BCUT2D eigenvalue weighted by Gasteiger charge is 2.33. The highest BCUT2D eigenvalue weighted by molar-refractivity contribution is 7.58. The molecule has 3 aromatic carbocycles. The van der Waals surface area contributed by atoms with Gasteiger partial charge < -0.3 is 20.4 Å². The Balaban J connectivity index is 1.36. The molecule has 2 aliphatic rings. The SMILES string of the molecule is CCCCN(CCCC)C(=O)c1cc(C)n(-c2ccc(NC(=O)c3ccc4c(c3)N=S=N4)cc2C(O)N2Cc3ccccc3C[C@H]2CO)n1. The Morgan fingerprint density at radius 2 is 1.71 bits per heavy atom. The van der Waals surface area contributed by atoms with E-state index in [2.05, 4.69) is 34.0 Å². The van der Waals surface area contributed by atoms with Crippen LogP contribution < -0.4 is 5.32 Å². The summed E-state index contributed by atoms with van der Waals surface area (Å²) in [5.41, 5.74) is 6.62. The minimum atomic E-state index is -1.16. The van der Waals surface area contributed by atoms with E-state index in [1.807, 2.05) is 34.9 Å². The van der Waals surface area contributed by atoms with Crippen molar-refractivity contribution in [3.63, 3.8) is 0 Å². The molecule has 3 N–H and O–H groups in total. The zero-order valence-corrected chi connectivity index (χ0v) is 29.0. The van der Waals surface area contributed by atoms with Crippen LogP contribution in [0.15, 0.2) is 75.5 Å². The Bertz CT molecular complexity index is 1910. The van der Waals surface area contributed by atoms with Crippen LogP contribution in [-0.2, 0) is 24.3 Å². The molecule has 256 valence electrons. The molecule has 11 nitrogen and oxygen atoms in total. The number of hydrogen-bond donors (Lipinski definition) is 3. The topological polar surface area (TPSA) is 136 Å². The average Bonchev–Trinajstić information content (AvgIpc) is 3.76. The van der Waals surface area contributed by atoms with E-state index >= 15 is 0 Å². The van der Waals surface area contributed by atoms with E-state index in [4.69, 9.17) is 5.10 Å². The van der Waals surface area contributed by atoms with Crippen molar-refractivity contribution in [1.29, 1.82) is 0 Å². The highest BCUT2D eigenvalue weighted by atomic mass is 32.1. The van der Waals surface area contributed by atoms with E-state index in [0.29, 0.717) is 59.9 Å². The molecule has 0 radical (unpaired) electrons. The van der Waals surface area contributed by atoms with Crippen LogP contribution in [-0.4, -0.2) is 67.3 Å². The van der Waals surface area contributed by atoms with Crippen molar-refractivity contribution in [2.45, 2.75) is 71.7 Å². The van der Waals surface area contributed by atoms with Gasteiger partial charge in [-0.3, -0.25) is 14.5 Å². The molecular weight excluding hydrogens is 639 g/mol. The second-order valence-electron chi connectivity index (χ2n) is 12.6. The summed E-state index contributed by atoms with van der Waals surface area (Å²) in [6, 6.07) is 20.0. The molecule has 0 spiro atoms. The second kappa shape index (κ2) is 15.4. The summed E-state index contributed by atoms with van der Waals surface area (Å²) in [6.45, 7) is 7.73. The van der Waals surface area contributed by atoms with Crippen LogP contribution in [0.3, 0.4) is 0 Å². The number of aromatic nitrogens is 2. The number of aliphatic hydroxyl groups is 2. The third kappa shape index (κ3) is 7.42. The first-order chi connectivity index (χ1) is 23.8. The molecule has 0 saturated carbocycles. The molecule has 12 heteroatoms. The monoisotopic (exact) mass is 681 g/mol. The lowest BCUT2D eigenvalue weighted by Gasteiger charge is -2.39. The zero-order valence-electron chi connectivity index (χ0n) is 28.2. The molecule has 4 aromatic rings. The quantitative estimate of drug-likeness (QED) is 0.128. The van der Waals surface area contributed by atoms with Gasteiger partial charge in [-0.25, -0.2) is 4.68 Å². The van der Waals surface area contributed by atoms with Gasteiger partial charge in [-0.05, 0) is 79.8 Å². The Morgan fingerprint density at radius 1 is 0.980 bits per heavy atom. The van der Waals surface area contributed by atoms with Crippen LogP contribution >= 0.6 is 0 Å². The largest absolute Gasteiger partial charge is 0.395 e. The minimum Gasteiger partial charge on any atom is -0.395 e. The van der Waals surface area contributed by atoms with Gasteiger partial charge in [0.25, 0.3) is 11.8 Å². The van der Waals surface area contributed by atoms with Crippen LogP contribution in [0, 0.1) is 6.92 Å². The summed E-state index contributed by atoms with van der Waals surface area (Å²) < 4.78 is 10.2. The lowest BCUT2D eigenvalue weighted by atomic mass is 9.93. The van der Waals surface area contributed by atoms with Gasteiger partial charge in [0, 0.05) is 48.2 Å². The predicted molar refractivity (Wildman–Crippen MR) is 191 cm³/mol. The number of aliphatic hydroxyl groups excluding tert-OH is 2. The van der Waals surface area contributed by atoms with E-state index in [9.17, 15) is 19.8 Å². The number of carbonyl (C=O) groups excluding carboxylic acids is 2. The number of anilines is 1. The standard InChI is InChI=1S/C37H43N7O4S/c1-4-6-16-42(17-7-5-2)37(48)33-18-24(3)44(39-33)34-15-13-28(38-35(46)26-12-14-31-32(20-26)41-49-40-31)21-30(34)36(47)43-22-27-11-9-8-10-25(27)19-29(43)23-45/h8-15,18,20-21,29,36,45,47H,4-7,16-17,19,22-23H2,1-3H3,(H,38,46)/t29-,36?/m0/s1. The van der Waals surface area contributed by atoms with Crippen LogP contribution in [0.5, 0.6) is 0 Å². The lowest BCUT2D eigenvalue weighted by molar-refractivity contribution is -0.0529. The second-order valence-corrected chi connectivity index (χ2v) is 13.2. The molecule has 6 rings (SSSR count). The smallest absolute Gasteiger partial charge is 0.274 e. The molecule has 1 unspecified atom stereocenters. The molecule has 3 heterocycles. The Labute approximate surface area is 290 Å². The van der Waals surface area contributed by atoms with E-state index in [0.717, 1.165) is 59.5 Å². The van der Waals surface area contributed by atoms with Gasteiger partial charge in [0.1, 0.15) is 17.6 Å². The average molecular weight is 682 g/mol. The number of carbonyl (C=O) groups is 2. The van der Waals surface area contributed by atoms with Crippen LogP contribution in [0.2, 0.25) is 0 Å². The van der Waals surface area contributed by atoms with Gasteiger partial charge in [0.05, 0.1) is 23.6 Å². The summed E-state index contributed by atoms with van der Waals surface area (Å²) in [4.78, 5) is 30.8. The molecule has 1 aromatic heterocycles. The van der Waals surface area contributed by atoms with Crippen molar-refractivity contribution >= 4 is 40.2 Å². The molecule has 0 saturated heterocycles. The molecule has 49 heavy (non-hydrogen) atoms. The van der Waals surface area contributed by atoms with Gasteiger partial charge in [-0.15, -0.1) is 0 Å². The maximum atomic E-state index is 13.7. The van der Waals surface area contributed by atoms with E-state index < -0.39 is 6.23 Å². The number of rotatable bonds is 13. The minimum absolute atomic E-state index is 0.116. The molecule has 0 bridgehead atoms. The van der Waals surface area contributed by atoms with Gasteiger partial charge in [-0.2, -0.15) is 13.8 Å². The fourth-order valence-corrected chi connectivity index (χ4v) is 6.92. The number of fused-ring (bicyclic) bond motifs is 2. The van der Waals surface area contributed by atoms with Gasteiger partial charge >= 0.3 is 0 Å². The Kier molecular flexibility index (Phi) is 10.8. The van der Waals surface area contributed by atoms with Crippen molar-refractivity contribution in [3.8, 4) is 5.69 Å². The maximum Gasteiger partial charge on any atom is 0.274 e. The zero-order chi connectivity index (χ0) is 34.5. The van der Waals surface area contributed by atoms with Gasteiger partial charge in [0.15, 0.2) is 5.69 Å². The first-order valence-electron chi connectivity index (χ1n) is 17.0. The molecule has 0 fully saturated rings. The summed E-state index contributed by atoms with van der Waals surface area (Å²) >= 11 is 1.09. The maximum absolute atomic E-state index is 13.7. The predicted octanol–water partition coefficient (Wildman–Crippen LogP) is 6.61. The summed E-state index contributed by atoms with van der Waals surface area (Å²) in [6.07, 6.45) is 3.22. The molecule has 2 atom stereocenters. The fourth-order valence-electron chi connectivity index (χ4n) is 6.40. The normalized spacial score (nSPS) is 15.7. The third-order valence-electron chi connectivity index (χ3n) is 9.19. The number of unbranched alkanes of at least 4 members (excludes halogenated alkanes) is 2. The lowest BCUT2D eigenvalue weighted by Crippen LogP contribution is -2.45. The first kappa shape index (κ1) is 34.4. The number of benzene rings is 3. The molecular formula is C37H43N7O4S. The number of nitrogens with one attached hydrogen (secondary N) is 1. The van der Waals surface area contributed by atoms with Gasteiger partial charge in [0.2, 0.25) is 0 Å². The number of aryl methyl sites for hydroxylation is 1. The van der Waals surface area contributed by atoms with Crippen molar-refractivity contribution < 1.29 is 19.8 Å². The van der Waals surface area contributed by atoms with E-state index in [1.165, 1.54) is 0 Å². The number of nitrogens with zero attached hydrogens (tertiary/aromatic N) is 6. The summed E-state index contributed by atoms with van der Waals surface area (Å²) in [5, 5.41) is 30.3. The van der Waals surface area contributed by atoms with Crippen molar-refractivity contribution in [3.05, 3.63) is 100 Å². The molecule has 2 aliphatic heterocycles. The number of amides is 2. The van der Waals surface area contributed by atoms with E-state index in [-0.39, 0.29) is 24.5 Å². The fraction of sp³-hybridized carbons (Fsp3) is 0.378. The number of hydrogen-bond acceptors (Lipinski definition) is 8. The van der Waals surface area contributed by atoms with Gasteiger partial charge in [-0.1, -0.05) is 51.0 Å². The summed E-state index contributed by atoms with van der Waals surface area (Å²) in [5.74, 6) is -0.444. The third-order valence-corrected chi connectivity index (χ3v) is 9.74. The highest BCUT2D eigenvalue weighted by Crippen LogP contribution is 2.35. The first-order valence-corrected chi connectivity index (χ1v) is 17.7. The summed E-state index contributed by atoms with van der Waals surface area (Å²) in [7, 11) is 0. The van der Waals surface area contributed by atoms with Crippen molar-refractivity contribution in [1.82, 2.24) is 19.6 Å². The molecule has 2 amide bonds. The van der Waals surface area contributed by atoms with Crippen LogP contribution in [0.4, 0.5) is 17.1 Å². The Hall–Kier alpha value is -4.49. The molecule has 0 aliphatic carbocycles. The van der Waals surface area contributed by atoms with Crippen LogP contribution in [0.1, 0.15) is 89.0 Å². The Morgan fingerprint density at radius 3 is 2.45 bits per heavy atom. The van der Waals surface area contributed by atoms with Crippen molar-refractivity contribution in [2.24, 2.45) is 8.73 Å². The van der Waals surface area contributed by atoms with Crippen molar-refractivity contribution in [2.75, 3.05) is 25.0 Å².